The first-order valence-electron chi connectivity index (χ1n) is 6.36. The molecule has 2 nitrogen and oxygen atoms in total. The maximum absolute atomic E-state index is 6.25. The molecular formula is C13H30N2. The Kier molecular flexibility index (Phi) is 6.46. The standard InChI is InChI=1S/C13H30N2/c1-6-8-13(4,5)12(15)9-11(14)10(3)7-2/h10-12H,6-9,14-15H2,1-5H3. The van der Waals surface area contributed by atoms with Crippen LogP contribution in [-0.4, -0.2) is 12.1 Å². The molecule has 4 N–H and O–H groups in total. The van der Waals surface area contributed by atoms with Gasteiger partial charge in [-0.1, -0.05) is 47.5 Å². The first-order valence-corrected chi connectivity index (χ1v) is 6.36. The van der Waals surface area contributed by atoms with Gasteiger partial charge in [-0.3, -0.25) is 0 Å². The molecule has 0 aromatic carbocycles. The van der Waals surface area contributed by atoms with Gasteiger partial charge in [-0.05, 0) is 24.2 Å². The summed E-state index contributed by atoms with van der Waals surface area (Å²) >= 11 is 0. The Bertz CT molecular complexity index is 166. The lowest BCUT2D eigenvalue weighted by Gasteiger charge is -2.34. The molecule has 92 valence electrons. The molecule has 0 fully saturated rings. The fraction of sp³-hybridized carbons (Fsp3) is 1.00. The highest BCUT2D eigenvalue weighted by Gasteiger charge is 2.27. The third-order valence-electron chi connectivity index (χ3n) is 3.80. The molecule has 3 unspecified atom stereocenters. The molecule has 0 spiro atoms. The quantitative estimate of drug-likeness (QED) is 0.684. The minimum Gasteiger partial charge on any atom is -0.327 e. The van der Waals surface area contributed by atoms with Gasteiger partial charge in [0.25, 0.3) is 0 Å². The van der Waals surface area contributed by atoms with Crippen LogP contribution in [0.15, 0.2) is 0 Å². The summed E-state index contributed by atoms with van der Waals surface area (Å²) in [4.78, 5) is 0. The van der Waals surface area contributed by atoms with Crippen LogP contribution in [0, 0.1) is 11.3 Å². The van der Waals surface area contributed by atoms with Crippen LogP contribution in [0.3, 0.4) is 0 Å². The van der Waals surface area contributed by atoms with E-state index in [1.807, 2.05) is 0 Å². The third kappa shape index (κ3) is 4.98. The molecule has 0 aliphatic heterocycles. The highest BCUT2D eigenvalue weighted by Crippen LogP contribution is 2.28. The van der Waals surface area contributed by atoms with Crippen molar-refractivity contribution in [3.8, 4) is 0 Å². The number of rotatable bonds is 7. The molecule has 0 heterocycles. The number of hydrogen-bond acceptors (Lipinski definition) is 2. The summed E-state index contributed by atoms with van der Waals surface area (Å²) in [6, 6.07) is 0.475. The van der Waals surface area contributed by atoms with E-state index in [1.54, 1.807) is 0 Å². The second kappa shape index (κ2) is 6.49. The summed E-state index contributed by atoms with van der Waals surface area (Å²) in [5.41, 5.74) is 12.6. The van der Waals surface area contributed by atoms with E-state index in [9.17, 15) is 0 Å². The van der Waals surface area contributed by atoms with Gasteiger partial charge >= 0.3 is 0 Å². The van der Waals surface area contributed by atoms with Crippen molar-refractivity contribution in [2.45, 2.75) is 72.4 Å². The van der Waals surface area contributed by atoms with Crippen LogP contribution in [0.25, 0.3) is 0 Å². The zero-order chi connectivity index (χ0) is 12.1. The molecule has 0 bridgehead atoms. The SMILES string of the molecule is CCCC(C)(C)C(N)CC(N)C(C)CC. The van der Waals surface area contributed by atoms with Crippen molar-refractivity contribution in [1.82, 2.24) is 0 Å². The van der Waals surface area contributed by atoms with Crippen molar-refractivity contribution in [1.29, 1.82) is 0 Å². The van der Waals surface area contributed by atoms with Crippen LogP contribution in [0.1, 0.15) is 60.3 Å². The van der Waals surface area contributed by atoms with Gasteiger partial charge < -0.3 is 11.5 Å². The Morgan fingerprint density at radius 3 is 2.07 bits per heavy atom. The summed E-state index contributed by atoms with van der Waals surface area (Å²) in [5.74, 6) is 0.577. The van der Waals surface area contributed by atoms with E-state index in [2.05, 4.69) is 34.6 Å². The first kappa shape index (κ1) is 14.9. The summed E-state index contributed by atoms with van der Waals surface area (Å²) in [7, 11) is 0. The normalized spacial score (nSPS) is 18.6. The van der Waals surface area contributed by atoms with Gasteiger partial charge in [0.1, 0.15) is 0 Å². The smallest absolute Gasteiger partial charge is 0.0105 e. The Labute approximate surface area is 95.8 Å². The predicted octanol–water partition coefficient (Wildman–Crippen LogP) is 2.90. The Morgan fingerprint density at radius 1 is 1.13 bits per heavy atom. The van der Waals surface area contributed by atoms with Crippen molar-refractivity contribution in [2.24, 2.45) is 22.8 Å². The molecule has 2 heteroatoms. The second-order valence-electron chi connectivity index (χ2n) is 5.63. The molecule has 0 saturated carbocycles. The largest absolute Gasteiger partial charge is 0.327 e. The maximum Gasteiger partial charge on any atom is 0.0105 e. The van der Waals surface area contributed by atoms with Crippen LogP contribution in [-0.2, 0) is 0 Å². The van der Waals surface area contributed by atoms with Gasteiger partial charge in [0.15, 0.2) is 0 Å². The van der Waals surface area contributed by atoms with Gasteiger partial charge in [-0.25, -0.2) is 0 Å². The molecule has 15 heavy (non-hydrogen) atoms. The van der Waals surface area contributed by atoms with Crippen molar-refractivity contribution in [3.63, 3.8) is 0 Å². The van der Waals surface area contributed by atoms with E-state index in [0.29, 0.717) is 5.92 Å². The van der Waals surface area contributed by atoms with E-state index >= 15 is 0 Å². The maximum atomic E-state index is 6.25. The van der Waals surface area contributed by atoms with E-state index < -0.39 is 0 Å². The molecule has 0 saturated heterocycles. The lowest BCUT2D eigenvalue weighted by Crippen LogP contribution is -2.43. The molecule has 0 aromatic heterocycles. The molecule has 0 aliphatic carbocycles. The zero-order valence-electron chi connectivity index (χ0n) is 11.2. The van der Waals surface area contributed by atoms with Crippen molar-refractivity contribution < 1.29 is 0 Å². The Hall–Kier alpha value is -0.0800. The minimum absolute atomic E-state index is 0.222. The highest BCUT2D eigenvalue weighted by atomic mass is 14.7. The zero-order valence-corrected chi connectivity index (χ0v) is 11.2. The summed E-state index contributed by atoms with van der Waals surface area (Å²) in [6.07, 6.45) is 4.46. The lowest BCUT2D eigenvalue weighted by molar-refractivity contribution is 0.225. The van der Waals surface area contributed by atoms with E-state index in [-0.39, 0.29) is 17.5 Å². The van der Waals surface area contributed by atoms with Crippen LogP contribution < -0.4 is 11.5 Å². The van der Waals surface area contributed by atoms with Gasteiger partial charge in [-0.2, -0.15) is 0 Å². The van der Waals surface area contributed by atoms with E-state index in [0.717, 1.165) is 12.8 Å². The molecule has 3 atom stereocenters. The lowest BCUT2D eigenvalue weighted by atomic mass is 9.77. The minimum atomic E-state index is 0.222. The molecule has 0 radical (unpaired) electrons. The topological polar surface area (TPSA) is 52.0 Å². The van der Waals surface area contributed by atoms with E-state index in [1.165, 1.54) is 12.8 Å². The monoisotopic (exact) mass is 214 g/mol. The number of hydrogen-bond donors (Lipinski definition) is 2. The van der Waals surface area contributed by atoms with Gasteiger partial charge in [0, 0.05) is 12.1 Å². The van der Waals surface area contributed by atoms with Crippen LogP contribution >= 0.6 is 0 Å². The van der Waals surface area contributed by atoms with Gasteiger partial charge in [0.05, 0.1) is 0 Å². The van der Waals surface area contributed by atoms with Crippen LogP contribution in [0.2, 0.25) is 0 Å². The second-order valence-corrected chi connectivity index (χ2v) is 5.63. The van der Waals surface area contributed by atoms with Crippen LogP contribution in [0.4, 0.5) is 0 Å². The van der Waals surface area contributed by atoms with Crippen molar-refractivity contribution in [3.05, 3.63) is 0 Å². The molecule has 0 aliphatic rings. The molecule has 0 amide bonds. The average Bonchev–Trinajstić information content (AvgIpc) is 2.16. The fourth-order valence-corrected chi connectivity index (χ4v) is 1.98. The van der Waals surface area contributed by atoms with Crippen molar-refractivity contribution >= 4 is 0 Å². The highest BCUT2D eigenvalue weighted by molar-refractivity contribution is 4.85. The van der Waals surface area contributed by atoms with Crippen molar-refractivity contribution in [2.75, 3.05) is 0 Å². The predicted molar refractivity (Wildman–Crippen MR) is 68.7 cm³/mol. The third-order valence-corrected chi connectivity index (χ3v) is 3.80. The molecule has 0 rings (SSSR count). The Morgan fingerprint density at radius 2 is 1.67 bits per heavy atom. The van der Waals surface area contributed by atoms with Gasteiger partial charge in [0.2, 0.25) is 0 Å². The number of nitrogens with two attached hydrogens (primary N) is 2. The molecular weight excluding hydrogens is 184 g/mol. The summed E-state index contributed by atoms with van der Waals surface area (Å²) in [5, 5.41) is 0. The molecule has 0 aromatic rings. The van der Waals surface area contributed by atoms with Crippen LogP contribution in [0.5, 0.6) is 0 Å². The summed E-state index contributed by atoms with van der Waals surface area (Å²) < 4.78 is 0. The fourth-order valence-electron chi connectivity index (χ4n) is 1.98. The summed E-state index contributed by atoms with van der Waals surface area (Å²) in [6.45, 7) is 11.1. The first-order chi connectivity index (χ1) is 6.85. The van der Waals surface area contributed by atoms with Gasteiger partial charge in [-0.15, -0.1) is 0 Å². The Balaban J connectivity index is 4.16. The van der Waals surface area contributed by atoms with E-state index in [4.69, 9.17) is 11.5 Å². The average molecular weight is 214 g/mol.